The molecule has 1 aliphatic rings. The van der Waals surface area contributed by atoms with Crippen LogP contribution in [0, 0.1) is 20.8 Å². The molecule has 1 aliphatic carbocycles. The van der Waals surface area contributed by atoms with Crippen molar-refractivity contribution in [2.24, 2.45) is 0 Å². The molecule has 0 spiro atoms. The highest BCUT2D eigenvalue weighted by Gasteiger charge is 2.15. The topological polar surface area (TPSA) is 17.1 Å². The number of benzene rings is 1. The van der Waals surface area contributed by atoms with Crippen molar-refractivity contribution < 1.29 is 4.79 Å². The first-order valence-corrected chi connectivity index (χ1v) is 6.37. The second kappa shape index (κ2) is 4.87. The molecule has 0 heterocycles. The Balaban J connectivity index is 2.21. The summed E-state index contributed by atoms with van der Waals surface area (Å²) in [5.41, 5.74) is 6.03. The van der Waals surface area contributed by atoms with E-state index in [1.165, 1.54) is 22.3 Å². The molecule has 1 aromatic rings. The molecule has 0 aromatic heterocycles. The van der Waals surface area contributed by atoms with Crippen LogP contribution in [0.4, 0.5) is 0 Å². The maximum atomic E-state index is 12.1. The van der Waals surface area contributed by atoms with E-state index in [-0.39, 0.29) is 0 Å². The fourth-order valence-electron chi connectivity index (χ4n) is 2.69. The molecule has 0 bridgehead atoms. The summed E-state index contributed by atoms with van der Waals surface area (Å²) in [5, 5.41) is 0. The Bertz CT molecular complexity index is 457. The van der Waals surface area contributed by atoms with Gasteiger partial charge in [-0.3, -0.25) is 4.79 Å². The molecule has 0 aliphatic heterocycles. The average molecular weight is 228 g/mol. The maximum absolute atomic E-state index is 12.1. The van der Waals surface area contributed by atoms with E-state index < -0.39 is 0 Å². The number of Topliss-reactive ketones (excluding diaryl/α,β-unsaturated/α-hetero) is 1. The zero-order chi connectivity index (χ0) is 12.4. The average Bonchev–Trinajstić information content (AvgIpc) is 2.76. The van der Waals surface area contributed by atoms with E-state index in [4.69, 9.17) is 0 Å². The highest BCUT2D eigenvalue weighted by atomic mass is 16.1. The zero-order valence-corrected chi connectivity index (χ0v) is 11.0. The fourth-order valence-corrected chi connectivity index (χ4v) is 2.69. The van der Waals surface area contributed by atoms with E-state index >= 15 is 0 Å². The normalized spacial score (nSPS) is 14.9. The lowest BCUT2D eigenvalue weighted by molar-refractivity contribution is -0.115. The van der Waals surface area contributed by atoms with E-state index in [0.29, 0.717) is 12.2 Å². The van der Waals surface area contributed by atoms with Crippen LogP contribution in [-0.4, -0.2) is 5.78 Å². The largest absolute Gasteiger partial charge is 0.294 e. The van der Waals surface area contributed by atoms with Gasteiger partial charge in [0, 0.05) is 6.42 Å². The summed E-state index contributed by atoms with van der Waals surface area (Å²) in [6.07, 6.45) is 5.88. The van der Waals surface area contributed by atoms with Gasteiger partial charge in [0.1, 0.15) is 0 Å². The van der Waals surface area contributed by atoms with E-state index in [0.717, 1.165) is 24.8 Å². The SMILES string of the molecule is Cc1cc(C)c(CC(=O)C2=CCCC2)c(C)c1. The van der Waals surface area contributed by atoms with Gasteiger partial charge in [0.25, 0.3) is 0 Å². The first kappa shape index (κ1) is 12.1. The van der Waals surface area contributed by atoms with Crippen LogP contribution in [0.25, 0.3) is 0 Å². The standard InChI is InChI=1S/C16H20O/c1-11-8-12(2)15(13(3)9-11)10-16(17)14-6-4-5-7-14/h6,8-9H,4-5,7,10H2,1-3H3. The van der Waals surface area contributed by atoms with Crippen molar-refractivity contribution in [1.29, 1.82) is 0 Å². The zero-order valence-electron chi connectivity index (χ0n) is 11.0. The third-order valence-electron chi connectivity index (χ3n) is 3.58. The maximum Gasteiger partial charge on any atom is 0.162 e. The number of carbonyl (C=O) groups excluding carboxylic acids is 1. The van der Waals surface area contributed by atoms with Gasteiger partial charge in [0.05, 0.1) is 0 Å². The van der Waals surface area contributed by atoms with Crippen LogP contribution in [0.5, 0.6) is 0 Å². The van der Waals surface area contributed by atoms with Crippen LogP contribution in [0.2, 0.25) is 0 Å². The van der Waals surface area contributed by atoms with Gasteiger partial charge < -0.3 is 0 Å². The molecule has 2 rings (SSSR count). The molecule has 17 heavy (non-hydrogen) atoms. The molecule has 1 nitrogen and oxygen atoms in total. The molecule has 0 saturated heterocycles. The van der Waals surface area contributed by atoms with E-state index in [9.17, 15) is 4.79 Å². The molecule has 1 aromatic carbocycles. The van der Waals surface area contributed by atoms with Gasteiger partial charge in [0.2, 0.25) is 0 Å². The highest BCUT2D eigenvalue weighted by molar-refractivity contribution is 5.97. The third-order valence-corrected chi connectivity index (χ3v) is 3.58. The van der Waals surface area contributed by atoms with Crippen molar-refractivity contribution >= 4 is 5.78 Å². The number of rotatable bonds is 3. The van der Waals surface area contributed by atoms with Crippen LogP contribution in [0.3, 0.4) is 0 Å². The Hall–Kier alpha value is -1.37. The van der Waals surface area contributed by atoms with E-state index in [1.807, 2.05) is 0 Å². The van der Waals surface area contributed by atoms with E-state index in [1.54, 1.807) is 0 Å². The lowest BCUT2D eigenvalue weighted by Gasteiger charge is -2.11. The van der Waals surface area contributed by atoms with Gasteiger partial charge in [0.15, 0.2) is 5.78 Å². The van der Waals surface area contributed by atoms with Crippen molar-refractivity contribution in [2.75, 3.05) is 0 Å². The number of aryl methyl sites for hydroxylation is 3. The summed E-state index contributed by atoms with van der Waals surface area (Å²) in [5.74, 6) is 0.317. The minimum Gasteiger partial charge on any atom is -0.294 e. The minimum absolute atomic E-state index is 0.317. The molecule has 0 radical (unpaired) electrons. The number of hydrogen-bond donors (Lipinski definition) is 0. The summed E-state index contributed by atoms with van der Waals surface area (Å²) >= 11 is 0. The Morgan fingerprint density at radius 2 is 1.82 bits per heavy atom. The van der Waals surface area contributed by atoms with Crippen molar-refractivity contribution in [2.45, 2.75) is 46.5 Å². The van der Waals surface area contributed by atoms with Crippen LogP contribution < -0.4 is 0 Å². The summed E-state index contributed by atoms with van der Waals surface area (Å²) in [7, 11) is 0. The number of carbonyl (C=O) groups is 1. The monoisotopic (exact) mass is 228 g/mol. The number of allylic oxidation sites excluding steroid dienone is 2. The Morgan fingerprint density at radius 1 is 1.18 bits per heavy atom. The van der Waals surface area contributed by atoms with Crippen molar-refractivity contribution in [1.82, 2.24) is 0 Å². The molecule has 0 N–H and O–H groups in total. The molecule has 0 atom stereocenters. The molecular weight excluding hydrogens is 208 g/mol. The summed E-state index contributed by atoms with van der Waals surface area (Å²) in [6, 6.07) is 4.33. The molecular formula is C16H20O. The summed E-state index contributed by atoms with van der Waals surface area (Å²) < 4.78 is 0. The fraction of sp³-hybridized carbons (Fsp3) is 0.438. The highest BCUT2D eigenvalue weighted by Crippen LogP contribution is 2.23. The van der Waals surface area contributed by atoms with Crippen molar-refractivity contribution in [3.63, 3.8) is 0 Å². The van der Waals surface area contributed by atoms with Crippen molar-refractivity contribution in [3.8, 4) is 0 Å². The van der Waals surface area contributed by atoms with Gasteiger partial charge in [-0.25, -0.2) is 0 Å². The molecule has 0 saturated carbocycles. The molecule has 0 fully saturated rings. The minimum atomic E-state index is 0.317. The first-order chi connectivity index (χ1) is 8.08. The molecule has 0 unspecified atom stereocenters. The van der Waals surface area contributed by atoms with Gasteiger partial charge in [-0.15, -0.1) is 0 Å². The number of ketones is 1. The van der Waals surface area contributed by atoms with Crippen molar-refractivity contribution in [3.05, 3.63) is 46.0 Å². The van der Waals surface area contributed by atoms with Crippen LogP contribution in [0.1, 0.15) is 41.5 Å². The lowest BCUT2D eigenvalue weighted by Crippen LogP contribution is -2.08. The van der Waals surface area contributed by atoms with Crippen LogP contribution in [-0.2, 0) is 11.2 Å². The van der Waals surface area contributed by atoms with Gasteiger partial charge in [-0.05, 0) is 62.3 Å². The Kier molecular flexibility index (Phi) is 3.46. The summed E-state index contributed by atoms with van der Waals surface area (Å²) in [6.45, 7) is 6.31. The third kappa shape index (κ3) is 2.66. The lowest BCUT2D eigenvalue weighted by atomic mass is 9.93. The predicted molar refractivity (Wildman–Crippen MR) is 71.3 cm³/mol. The molecule has 1 heteroatoms. The van der Waals surface area contributed by atoms with Crippen LogP contribution >= 0.6 is 0 Å². The first-order valence-electron chi connectivity index (χ1n) is 6.37. The Labute approximate surface area is 104 Å². The van der Waals surface area contributed by atoms with Gasteiger partial charge in [-0.2, -0.15) is 0 Å². The molecule has 0 amide bonds. The second-order valence-electron chi connectivity index (χ2n) is 5.10. The summed E-state index contributed by atoms with van der Waals surface area (Å²) in [4.78, 5) is 12.1. The van der Waals surface area contributed by atoms with Gasteiger partial charge in [-0.1, -0.05) is 23.8 Å². The van der Waals surface area contributed by atoms with Gasteiger partial charge >= 0.3 is 0 Å². The van der Waals surface area contributed by atoms with E-state index in [2.05, 4.69) is 39.0 Å². The molecule has 90 valence electrons. The predicted octanol–water partition coefficient (Wildman–Crippen LogP) is 3.83. The second-order valence-corrected chi connectivity index (χ2v) is 5.10. The quantitative estimate of drug-likeness (QED) is 0.768. The smallest absolute Gasteiger partial charge is 0.162 e. The number of hydrogen-bond acceptors (Lipinski definition) is 1. The Morgan fingerprint density at radius 3 is 2.35 bits per heavy atom. The van der Waals surface area contributed by atoms with Crippen LogP contribution in [0.15, 0.2) is 23.8 Å².